The molecule has 2 rings (SSSR count). The first kappa shape index (κ1) is 18.9. The van der Waals surface area contributed by atoms with E-state index in [1.165, 1.54) is 16.2 Å². The molecule has 0 saturated heterocycles. The number of benzene rings is 1. The van der Waals surface area contributed by atoms with Gasteiger partial charge in [0.05, 0.1) is 6.10 Å². The molecule has 1 aromatic carbocycles. The summed E-state index contributed by atoms with van der Waals surface area (Å²) in [4.78, 5) is 23.5. The van der Waals surface area contributed by atoms with Gasteiger partial charge in [-0.2, -0.15) is 0 Å². The molecule has 0 radical (unpaired) electrons. The smallest absolute Gasteiger partial charge is 0.250 e. The van der Waals surface area contributed by atoms with Crippen LogP contribution in [0.25, 0.3) is 0 Å². The third-order valence-corrected chi connectivity index (χ3v) is 4.13. The number of rotatable bonds is 6. The summed E-state index contributed by atoms with van der Waals surface area (Å²) in [5.74, 6) is -0.193. The molecule has 0 saturated carbocycles. The largest absolute Gasteiger partial charge is 0.387 e. The number of carbonyl (C=O) groups is 1. The van der Waals surface area contributed by atoms with Gasteiger partial charge in [0, 0.05) is 31.8 Å². The fourth-order valence-electron chi connectivity index (χ4n) is 2.49. The Bertz CT molecular complexity index is 758. The Morgan fingerprint density at radius 3 is 2.44 bits per heavy atom. The van der Waals surface area contributed by atoms with Gasteiger partial charge in [0.25, 0.3) is 5.56 Å². The molecule has 0 bridgehead atoms. The second-order valence-electron chi connectivity index (χ2n) is 7.17. The number of pyridine rings is 1. The van der Waals surface area contributed by atoms with Crippen LogP contribution in [0.1, 0.15) is 44.4 Å². The zero-order valence-electron chi connectivity index (χ0n) is 15.0. The van der Waals surface area contributed by atoms with Crippen LogP contribution in [-0.2, 0) is 16.8 Å². The molecule has 1 atom stereocenters. The van der Waals surface area contributed by atoms with Crippen molar-refractivity contribution in [3.63, 3.8) is 0 Å². The molecule has 1 heterocycles. The van der Waals surface area contributed by atoms with Crippen LogP contribution < -0.4 is 10.9 Å². The van der Waals surface area contributed by atoms with Gasteiger partial charge < -0.3 is 15.0 Å². The van der Waals surface area contributed by atoms with E-state index in [2.05, 4.69) is 26.1 Å². The average Bonchev–Trinajstić information content (AvgIpc) is 2.58. The number of carbonyl (C=O) groups excluding carboxylic acids is 1. The Labute approximate surface area is 148 Å². The quantitative estimate of drug-likeness (QED) is 0.847. The SMILES string of the molecule is CC(C)(C)c1ccc([C@@H](O)CNC(=O)CCn2ccccc2=O)cc1. The molecule has 5 heteroatoms. The molecule has 134 valence electrons. The van der Waals surface area contributed by atoms with Crippen molar-refractivity contribution >= 4 is 5.91 Å². The van der Waals surface area contributed by atoms with Crippen LogP contribution in [0, 0.1) is 0 Å². The van der Waals surface area contributed by atoms with Crippen molar-refractivity contribution in [2.45, 2.75) is 45.3 Å². The molecule has 0 fully saturated rings. The molecule has 0 aliphatic rings. The molecule has 0 aliphatic carbocycles. The van der Waals surface area contributed by atoms with E-state index in [4.69, 9.17) is 0 Å². The fraction of sp³-hybridized carbons (Fsp3) is 0.400. The van der Waals surface area contributed by atoms with E-state index in [-0.39, 0.29) is 29.8 Å². The van der Waals surface area contributed by atoms with E-state index in [9.17, 15) is 14.7 Å². The topological polar surface area (TPSA) is 71.3 Å². The summed E-state index contributed by atoms with van der Waals surface area (Å²) >= 11 is 0. The minimum Gasteiger partial charge on any atom is -0.387 e. The Kier molecular flexibility index (Phi) is 6.15. The molecular weight excluding hydrogens is 316 g/mol. The predicted molar refractivity (Wildman–Crippen MR) is 98.4 cm³/mol. The zero-order valence-corrected chi connectivity index (χ0v) is 15.0. The van der Waals surface area contributed by atoms with E-state index in [1.807, 2.05) is 24.3 Å². The molecule has 1 aromatic heterocycles. The first-order chi connectivity index (χ1) is 11.8. The highest BCUT2D eigenvalue weighted by Crippen LogP contribution is 2.23. The third kappa shape index (κ3) is 5.57. The molecular formula is C20H26N2O3. The molecule has 0 aliphatic heterocycles. The van der Waals surface area contributed by atoms with E-state index in [0.717, 1.165) is 5.56 Å². The molecule has 1 amide bonds. The number of hydrogen-bond acceptors (Lipinski definition) is 3. The lowest BCUT2D eigenvalue weighted by Gasteiger charge is -2.20. The number of nitrogens with one attached hydrogen (secondary N) is 1. The molecule has 5 nitrogen and oxygen atoms in total. The van der Waals surface area contributed by atoms with Crippen LogP contribution in [0.5, 0.6) is 0 Å². The second kappa shape index (κ2) is 8.12. The number of nitrogens with zero attached hydrogens (tertiary/aromatic N) is 1. The fourth-order valence-corrected chi connectivity index (χ4v) is 2.49. The van der Waals surface area contributed by atoms with E-state index < -0.39 is 6.10 Å². The number of aliphatic hydroxyl groups excluding tert-OH is 1. The van der Waals surface area contributed by atoms with Gasteiger partial charge in [-0.1, -0.05) is 51.1 Å². The Morgan fingerprint density at radius 1 is 1.16 bits per heavy atom. The van der Waals surface area contributed by atoms with Crippen LogP contribution in [0.3, 0.4) is 0 Å². The number of aryl methyl sites for hydroxylation is 1. The lowest BCUT2D eigenvalue weighted by atomic mass is 9.86. The minimum atomic E-state index is -0.752. The third-order valence-electron chi connectivity index (χ3n) is 4.13. The molecule has 0 unspecified atom stereocenters. The number of aromatic nitrogens is 1. The van der Waals surface area contributed by atoms with E-state index in [1.54, 1.807) is 18.3 Å². The van der Waals surface area contributed by atoms with Crippen molar-refractivity contribution in [1.29, 1.82) is 0 Å². The highest BCUT2D eigenvalue weighted by Gasteiger charge is 2.15. The summed E-state index contributed by atoms with van der Waals surface area (Å²) in [5.41, 5.74) is 1.90. The van der Waals surface area contributed by atoms with Crippen LogP contribution >= 0.6 is 0 Å². The van der Waals surface area contributed by atoms with E-state index in [0.29, 0.717) is 6.54 Å². The van der Waals surface area contributed by atoms with E-state index >= 15 is 0 Å². The molecule has 0 spiro atoms. The van der Waals surface area contributed by atoms with Gasteiger partial charge in [-0.3, -0.25) is 9.59 Å². The Balaban J connectivity index is 1.83. The van der Waals surface area contributed by atoms with Gasteiger partial charge in [-0.15, -0.1) is 0 Å². The van der Waals surface area contributed by atoms with Crippen molar-refractivity contribution in [3.05, 3.63) is 70.1 Å². The first-order valence-electron chi connectivity index (χ1n) is 8.48. The van der Waals surface area contributed by atoms with Gasteiger partial charge in [-0.05, 0) is 22.6 Å². The normalized spacial score (nSPS) is 12.6. The first-order valence-corrected chi connectivity index (χ1v) is 8.48. The monoisotopic (exact) mass is 342 g/mol. The molecule has 2 aromatic rings. The zero-order chi connectivity index (χ0) is 18.4. The minimum absolute atomic E-state index is 0.0627. The summed E-state index contributed by atoms with van der Waals surface area (Å²) in [6.07, 6.45) is 1.10. The molecule has 2 N–H and O–H groups in total. The predicted octanol–water partition coefficient (Wildman–Crippen LogP) is 2.39. The van der Waals surface area contributed by atoms with Gasteiger partial charge in [0.1, 0.15) is 0 Å². The van der Waals surface area contributed by atoms with Gasteiger partial charge in [0.2, 0.25) is 5.91 Å². The summed E-state index contributed by atoms with van der Waals surface area (Å²) in [6.45, 7) is 6.88. The van der Waals surface area contributed by atoms with Crippen molar-refractivity contribution in [2.24, 2.45) is 0 Å². The van der Waals surface area contributed by atoms with Crippen molar-refractivity contribution < 1.29 is 9.90 Å². The maximum atomic E-state index is 11.9. The highest BCUT2D eigenvalue weighted by molar-refractivity contribution is 5.75. The van der Waals surface area contributed by atoms with Crippen LogP contribution in [-0.4, -0.2) is 22.1 Å². The van der Waals surface area contributed by atoms with Crippen molar-refractivity contribution in [2.75, 3.05) is 6.54 Å². The second-order valence-corrected chi connectivity index (χ2v) is 7.17. The van der Waals surface area contributed by atoms with Crippen LogP contribution in [0.15, 0.2) is 53.5 Å². The Morgan fingerprint density at radius 2 is 1.84 bits per heavy atom. The summed E-state index contributed by atoms with van der Waals surface area (Å²) in [7, 11) is 0. The number of amides is 1. The molecule has 25 heavy (non-hydrogen) atoms. The van der Waals surface area contributed by atoms with Crippen molar-refractivity contribution in [3.8, 4) is 0 Å². The summed E-state index contributed by atoms with van der Waals surface area (Å²) in [5, 5.41) is 12.9. The summed E-state index contributed by atoms with van der Waals surface area (Å²) < 4.78 is 1.49. The van der Waals surface area contributed by atoms with Gasteiger partial charge in [0.15, 0.2) is 0 Å². The van der Waals surface area contributed by atoms with Crippen LogP contribution in [0.2, 0.25) is 0 Å². The lowest BCUT2D eigenvalue weighted by molar-refractivity contribution is -0.121. The summed E-state index contributed by atoms with van der Waals surface area (Å²) in [6, 6.07) is 12.7. The number of hydrogen-bond donors (Lipinski definition) is 2. The maximum absolute atomic E-state index is 11.9. The average molecular weight is 342 g/mol. The van der Waals surface area contributed by atoms with Gasteiger partial charge >= 0.3 is 0 Å². The number of aliphatic hydroxyl groups is 1. The maximum Gasteiger partial charge on any atom is 0.250 e. The highest BCUT2D eigenvalue weighted by atomic mass is 16.3. The van der Waals surface area contributed by atoms with Gasteiger partial charge in [-0.25, -0.2) is 0 Å². The van der Waals surface area contributed by atoms with Crippen LogP contribution in [0.4, 0.5) is 0 Å². The van der Waals surface area contributed by atoms with Crippen molar-refractivity contribution in [1.82, 2.24) is 9.88 Å². The standard InChI is InChI=1S/C20H26N2O3/c1-20(2,3)16-9-7-15(8-10-16)17(23)14-21-18(24)11-13-22-12-5-4-6-19(22)25/h4-10,12,17,23H,11,13-14H2,1-3H3,(H,21,24)/t17-/m0/s1. The Hall–Kier alpha value is -2.40. The lowest BCUT2D eigenvalue weighted by Crippen LogP contribution is -2.30.